The number of rotatable bonds is 12. The summed E-state index contributed by atoms with van der Waals surface area (Å²) in [6.07, 6.45) is 1.21. The monoisotopic (exact) mass is 783 g/mol. The van der Waals surface area contributed by atoms with E-state index < -0.39 is 37.3 Å². The number of sulfonamides is 1. The number of amides is 2. The SMILES string of the molecule is CC(C)NS(=O)(=O)c1cccc(OCC(Cl)C2=N[C@@H](c3ccc(Cl)cc3)[C@@H](c3ccc(Cl)cc3)N2C(=O)N2CCN(CCS(C)(=O)=O)CC2)c1. The molecule has 0 aliphatic carbocycles. The minimum atomic E-state index is -3.76. The Bertz CT molecular complexity index is 1900. The lowest BCUT2D eigenvalue weighted by Gasteiger charge is -2.39. The summed E-state index contributed by atoms with van der Waals surface area (Å²) < 4.78 is 57.7. The van der Waals surface area contributed by atoms with Gasteiger partial charge in [0.15, 0.2) is 0 Å². The Labute approximate surface area is 309 Å². The summed E-state index contributed by atoms with van der Waals surface area (Å²) in [7, 11) is -6.89. The molecular weight excluding hydrogens is 745 g/mol. The Morgan fingerprint density at radius 3 is 2.10 bits per heavy atom. The molecule has 3 aromatic carbocycles. The minimum absolute atomic E-state index is 0.0439. The maximum absolute atomic E-state index is 14.6. The molecule has 0 saturated carbocycles. The number of sulfone groups is 1. The first-order valence-electron chi connectivity index (χ1n) is 16.1. The van der Waals surface area contributed by atoms with E-state index in [4.69, 9.17) is 44.5 Å². The van der Waals surface area contributed by atoms with E-state index in [0.29, 0.717) is 48.6 Å². The fraction of sp³-hybridized carbons (Fsp3) is 0.412. The summed E-state index contributed by atoms with van der Waals surface area (Å²) in [5, 5.41) is 0.170. The summed E-state index contributed by atoms with van der Waals surface area (Å²) in [5.41, 5.74) is 1.60. The maximum atomic E-state index is 14.6. The van der Waals surface area contributed by atoms with Crippen LogP contribution in [-0.2, 0) is 19.9 Å². The number of carbonyl (C=O) groups is 1. The molecule has 1 fully saturated rings. The van der Waals surface area contributed by atoms with Gasteiger partial charge < -0.3 is 9.64 Å². The molecule has 50 heavy (non-hydrogen) atoms. The number of aliphatic imine (C=N–C) groups is 1. The number of benzene rings is 3. The van der Waals surface area contributed by atoms with Crippen LogP contribution in [0.4, 0.5) is 4.79 Å². The number of halogens is 3. The topological polar surface area (TPSA) is 129 Å². The lowest BCUT2D eigenvalue weighted by molar-refractivity contribution is 0.121. The van der Waals surface area contributed by atoms with Gasteiger partial charge in [0.1, 0.15) is 39.4 Å². The predicted molar refractivity (Wildman–Crippen MR) is 198 cm³/mol. The van der Waals surface area contributed by atoms with Gasteiger partial charge in [0.25, 0.3) is 0 Å². The van der Waals surface area contributed by atoms with Crippen molar-refractivity contribution in [2.45, 2.75) is 42.2 Å². The largest absolute Gasteiger partial charge is 0.492 e. The molecule has 5 rings (SSSR count). The van der Waals surface area contributed by atoms with Gasteiger partial charge in [-0.2, -0.15) is 0 Å². The molecule has 3 aromatic rings. The molecule has 0 bridgehead atoms. The highest BCUT2D eigenvalue weighted by atomic mass is 35.5. The average Bonchev–Trinajstić information content (AvgIpc) is 3.47. The van der Waals surface area contributed by atoms with Crippen molar-refractivity contribution in [2.24, 2.45) is 4.99 Å². The molecular formula is C34H40Cl3N5O6S2. The van der Waals surface area contributed by atoms with Crippen molar-refractivity contribution in [3.63, 3.8) is 0 Å². The highest BCUT2D eigenvalue weighted by molar-refractivity contribution is 7.90. The Kier molecular flexibility index (Phi) is 12.4. The van der Waals surface area contributed by atoms with E-state index in [2.05, 4.69) is 4.72 Å². The number of piperazine rings is 1. The van der Waals surface area contributed by atoms with Crippen LogP contribution in [0, 0.1) is 0 Å². The van der Waals surface area contributed by atoms with Crippen LogP contribution in [0.3, 0.4) is 0 Å². The third-order valence-electron chi connectivity index (χ3n) is 8.33. The number of nitrogens with one attached hydrogen (secondary N) is 1. The highest BCUT2D eigenvalue weighted by Crippen LogP contribution is 2.44. The molecule has 2 amide bonds. The molecule has 2 aliphatic rings. The van der Waals surface area contributed by atoms with Crippen LogP contribution >= 0.6 is 34.8 Å². The second kappa shape index (κ2) is 16.2. The third-order valence-corrected chi connectivity index (χ3v) is 11.7. The van der Waals surface area contributed by atoms with Gasteiger partial charge in [0.2, 0.25) is 10.0 Å². The van der Waals surface area contributed by atoms with E-state index in [0.717, 1.165) is 11.1 Å². The number of nitrogens with zero attached hydrogens (tertiary/aromatic N) is 4. The molecule has 1 saturated heterocycles. The van der Waals surface area contributed by atoms with Gasteiger partial charge in [-0.1, -0.05) is 53.5 Å². The van der Waals surface area contributed by atoms with Crippen LogP contribution in [-0.4, -0.2) is 106 Å². The fourth-order valence-electron chi connectivity index (χ4n) is 5.88. The predicted octanol–water partition coefficient (Wildman–Crippen LogP) is 5.65. The van der Waals surface area contributed by atoms with Crippen LogP contribution in [0.1, 0.15) is 37.1 Å². The Morgan fingerprint density at radius 1 is 0.920 bits per heavy atom. The summed E-state index contributed by atoms with van der Waals surface area (Å²) in [6.45, 7) is 5.50. The van der Waals surface area contributed by atoms with E-state index in [1.807, 2.05) is 29.2 Å². The average molecular weight is 785 g/mol. The smallest absolute Gasteiger partial charge is 0.326 e. The first-order valence-corrected chi connectivity index (χ1v) is 20.8. The van der Waals surface area contributed by atoms with Crippen LogP contribution in [0.5, 0.6) is 5.75 Å². The molecule has 0 radical (unpaired) electrons. The molecule has 270 valence electrons. The van der Waals surface area contributed by atoms with E-state index in [1.165, 1.54) is 18.4 Å². The molecule has 3 atom stereocenters. The first-order chi connectivity index (χ1) is 23.6. The lowest BCUT2D eigenvalue weighted by Crippen LogP contribution is -2.55. The van der Waals surface area contributed by atoms with Crippen molar-refractivity contribution in [1.82, 2.24) is 19.4 Å². The second-order valence-electron chi connectivity index (χ2n) is 12.6. The highest BCUT2D eigenvalue weighted by Gasteiger charge is 2.46. The van der Waals surface area contributed by atoms with Crippen molar-refractivity contribution in [1.29, 1.82) is 0 Å². The number of alkyl halides is 1. The van der Waals surface area contributed by atoms with Crippen molar-refractivity contribution < 1.29 is 26.4 Å². The number of carbonyl (C=O) groups excluding carboxylic acids is 1. The minimum Gasteiger partial charge on any atom is -0.492 e. The summed E-state index contributed by atoms with van der Waals surface area (Å²) in [5.74, 6) is 0.622. The molecule has 2 aliphatic heterocycles. The molecule has 0 aromatic heterocycles. The van der Waals surface area contributed by atoms with Gasteiger partial charge in [-0.25, -0.2) is 26.4 Å². The van der Waals surface area contributed by atoms with Crippen LogP contribution in [0.25, 0.3) is 0 Å². The van der Waals surface area contributed by atoms with Crippen molar-refractivity contribution in [3.8, 4) is 5.75 Å². The van der Waals surface area contributed by atoms with Crippen LogP contribution in [0.15, 0.2) is 82.7 Å². The van der Waals surface area contributed by atoms with Crippen LogP contribution in [0.2, 0.25) is 10.0 Å². The molecule has 11 nitrogen and oxygen atoms in total. The van der Waals surface area contributed by atoms with E-state index in [1.54, 1.807) is 60.0 Å². The number of ether oxygens (including phenoxy) is 1. The summed E-state index contributed by atoms with van der Waals surface area (Å²) in [4.78, 5) is 25.0. The Morgan fingerprint density at radius 2 is 1.52 bits per heavy atom. The number of urea groups is 1. The molecule has 2 heterocycles. The molecule has 1 N–H and O–H groups in total. The van der Waals surface area contributed by atoms with E-state index in [-0.39, 0.29) is 35.1 Å². The maximum Gasteiger partial charge on any atom is 0.326 e. The molecule has 0 spiro atoms. The lowest BCUT2D eigenvalue weighted by atomic mass is 9.94. The van der Waals surface area contributed by atoms with Gasteiger partial charge in [-0.15, -0.1) is 11.6 Å². The number of hydrogen-bond donors (Lipinski definition) is 1. The molecule has 1 unspecified atom stereocenters. The van der Waals surface area contributed by atoms with Gasteiger partial charge in [-0.05, 0) is 61.4 Å². The number of hydrogen-bond acceptors (Lipinski definition) is 8. The fourth-order valence-corrected chi connectivity index (χ4v) is 8.23. The van der Waals surface area contributed by atoms with Crippen molar-refractivity contribution in [3.05, 3.63) is 94.0 Å². The van der Waals surface area contributed by atoms with Gasteiger partial charge in [0, 0.05) is 61.1 Å². The normalized spacial score (nSPS) is 19.5. The van der Waals surface area contributed by atoms with Crippen molar-refractivity contribution in [2.75, 3.05) is 51.3 Å². The molecule has 16 heteroatoms. The number of amidine groups is 1. The van der Waals surface area contributed by atoms with E-state index in [9.17, 15) is 21.6 Å². The quantitative estimate of drug-likeness (QED) is 0.236. The van der Waals surface area contributed by atoms with Gasteiger partial charge in [-0.3, -0.25) is 14.8 Å². The Hall–Kier alpha value is -2.91. The standard InChI is InChI=1S/C34H40Cl3N5O6S2/c1-23(2)39-50(46,47)29-6-4-5-28(21-29)48-22-30(37)33-38-31(24-7-11-26(35)12-8-24)32(25-9-13-27(36)14-10-25)42(33)34(43)41-17-15-40(16-18-41)19-20-49(3,44)45/h4-14,21,23,30-32,39H,15-20,22H2,1-3H3/t30?,31-,32+/m0/s1. The Balaban J connectivity index is 1.45. The van der Waals surface area contributed by atoms with E-state index >= 15 is 0 Å². The zero-order valence-corrected chi connectivity index (χ0v) is 31.8. The zero-order valence-electron chi connectivity index (χ0n) is 27.9. The summed E-state index contributed by atoms with van der Waals surface area (Å²) in [6, 6.07) is 18.8. The second-order valence-corrected chi connectivity index (χ2v) is 18.0. The van der Waals surface area contributed by atoms with Gasteiger partial charge in [0.05, 0.1) is 16.7 Å². The zero-order chi connectivity index (χ0) is 36.2. The van der Waals surface area contributed by atoms with Gasteiger partial charge >= 0.3 is 6.03 Å². The van der Waals surface area contributed by atoms with Crippen molar-refractivity contribution >= 4 is 66.5 Å². The summed E-state index contributed by atoms with van der Waals surface area (Å²) >= 11 is 19.6. The first kappa shape index (κ1) is 38.3. The third kappa shape index (κ3) is 9.69. The van der Waals surface area contributed by atoms with Crippen LogP contribution < -0.4 is 9.46 Å².